The van der Waals surface area contributed by atoms with Crippen molar-refractivity contribution in [2.45, 2.75) is 32.4 Å². The van der Waals surface area contributed by atoms with Crippen LogP contribution in [0, 0.1) is 0 Å². The Hall–Kier alpha value is -0.490. The van der Waals surface area contributed by atoms with E-state index in [2.05, 4.69) is 29.0 Å². The average Bonchev–Trinajstić information content (AvgIpc) is 2.94. The second-order valence-electron chi connectivity index (χ2n) is 4.63. The van der Waals surface area contributed by atoms with Crippen LogP contribution in [0.2, 0.25) is 0 Å². The van der Waals surface area contributed by atoms with E-state index in [4.69, 9.17) is 4.74 Å². The summed E-state index contributed by atoms with van der Waals surface area (Å²) >= 11 is 1.72. The Bertz CT molecular complexity index is 331. The number of hydrogen-bond acceptors (Lipinski definition) is 5. The van der Waals surface area contributed by atoms with Crippen LogP contribution in [0.25, 0.3) is 0 Å². The van der Waals surface area contributed by atoms with Crippen molar-refractivity contribution < 1.29 is 4.74 Å². The first-order valence-electron chi connectivity index (χ1n) is 6.80. The van der Waals surface area contributed by atoms with E-state index in [1.54, 1.807) is 11.3 Å². The molecule has 0 spiro atoms. The Morgan fingerprint density at radius 3 is 3.17 bits per heavy atom. The van der Waals surface area contributed by atoms with E-state index < -0.39 is 0 Å². The zero-order chi connectivity index (χ0) is 12.8. The van der Waals surface area contributed by atoms with Gasteiger partial charge in [0.25, 0.3) is 0 Å². The van der Waals surface area contributed by atoms with E-state index in [0.717, 1.165) is 39.2 Å². The van der Waals surface area contributed by atoms with Gasteiger partial charge in [0.05, 0.1) is 18.8 Å². The highest BCUT2D eigenvalue weighted by molar-refractivity contribution is 7.09. The monoisotopic (exact) mass is 269 g/mol. The summed E-state index contributed by atoms with van der Waals surface area (Å²) in [5.74, 6) is 0. The van der Waals surface area contributed by atoms with Crippen molar-refractivity contribution in [2.75, 3.05) is 32.8 Å². The Balaban J connectivity index is 1.79. The Labute approximate surface area is 113 Å². The molecule has 1 aromatic heterocycles. The molecule has 1 fully saturated rings. The number of thiazole rings is 1. The number of rotatable bonds is 6. The smallest absolute Gasteiger partial charge is 0.109 e. The molecule has 102 valence electrons. The lowest BCUT2D eigenvalue weighted by molar-refractivity contribution is -0.0264. The van der Waals surface area contributed by atoms with Crippen molar-refractivity contribution in [1.29, 1.82) is 0 Å². The zero-order valence-electron chi connectivity index (χ0n) is 11.3. The molecule has 0 radical (unpaired) electrons. The van der Waals surface area contributed by atoms with E-state index in [0.29, 0.717) is 12.1 Å². The summed E-state index contributed by atoms with van der Waals surface area (Å²) < 4.78 is 5.80. The SMILES string of the molecule is CCC(NCC1CN(CC)CCO1)c1nccs1. The Morgan fingerprint density at radius 2 is 2.50 bits per heavy atom. The predicted octanol–water partition coefficient (Wildman–Crippen LogP) is 1.90. The molecule has 1 N–H and O–H groups in total. The number of aromatic nitrogens is 1. The molecule has 1 saturated heterocycles. The van der Waals surface area contributed by atoms with Crippen LogP contribution in [-0.2, 0) is 4.74 Å². The number of nitrogens with zero attached hydrogens (tertiary/aromatic N) is 2. The first-order valence-corrected chi connectivity index (χ1v) is 7.68. The van der Waals surface area contributed by atoms with Crippen LogP contribution in [-0.4, -0.2) is 48.8 Å². The molecule has 0 amide bonds. The molecule has 0 aliphatic carbocycles. The van der Waals surface area contributed by atoms with Crippen LogP contribution < -0.4 is 5.32 Å². The van der Waals surface area contributed by atoms with Gasteiger partial charge < -0.3 is 10.1 Å². The molecule has 1 aliphatic rings. The van der Waals surface area contributed by atoms with Crippen molar-refractivity contribution in [2.24, 2.45) is 0 Å². The van der Waals surface area contributed by atoms with E-state index in [9.17, 15) is 0 Å². The average molecular weight is 269 g/mol. The standard InChI is InChI=1S/C13H23N3OS/c1-3-12(13-14-5-8-18-13)15-9-11-10-16(4-2)6-7-17-11/h5,8,11-12,15H,3-4,6-7,9-10H2,1-2H3. The van der Waals surface area contributed by atoms with Gasteiger partial charge in [-0.2, -0.15) is 0 Å². The lowest BCUT2D eigenvalue weighted by atomic mass is 10.2. The van der Waals surface area contributed by atoms with Crippen molar-refractivity contribution in [1.82, 2.24) is 15.2 Å². The molecule has 0 aromatic carbocycles. The molecule has 1 aliphatic heterocycles. The molecule has 5 heteroatoms. The maximum absolute atomic E-state index is 5.80. The van der Waals surface area contributed by atoms with E-state index >= 15 is 0 Å². The number of ether oxygens (including phenoxy) is 1. The van der Waals surface area contributed by atoms with Gasteiger partial charge in [-0.25, -0.2) is 4.98 Å². The second kappa shape index (κ2) is 7.19. The highest BCUT2D eigenvalue weighted by Crippen LogP contribution is 2.18. The molecule has 0 bridgehead atoms. The van der Waals surface area contributed by atoms with Crippen LogP contribution in [0.15, 0.2) is 11.6 Å². The van der Waals surface area contributed by atoms with Crippen molar-refractivity contribution in [3.63, 3.8) is 0 Å². The van der Waals surface area contributed by atoms with Gasteiger partial charge in [-0.1, -0.05) is 13.8 Å². The molecular weight excluding hydrogens is 246 g/mol. The van der Waals surface area contributed by atoms with E-state index in [-0.39, 0.29) is 0 Å². The highest BCUT2D eigenvalue weighted by atomic mass is 32.1. The quantitative estimate of drug-likeness (QED) is 0.856. The van der Waals surface area contributed by atoms with Gasteiger partial charge in [-0.15, -0.1) is 11.3 Å². The predicted molar refractivity (Wildman–Crippen MR) is 75.0 cm³/mol. The third-order valence-corrected chi connectivity index (χ3v) is 4.31. The third kappa shape index (κ3) is 3.75. The fraction of sp³-hybridized carbons (Fsp3) is 0.769. The Morgan fingerprint density at radius 1 is 1.61 bits per heavy atom. The van der Waals surface area contributed by atoms with Crippen molar-refractivity contribution >= 4 is 11.3 Å². The first kappa shape index (κ1) is 13.9. The molecular formula is C13H23N3OS. The molecule has 1 aromatic rings. The van der Waals surface area contributed by atoms with Gasteiger partial charge in [0.2, 0.25) is 0 Å². The number of morpholine rings is 1. The largest absolute Gasteiger partial charge is 0.374 e. The molecule has 2 atom stereocenters. The fourth-order valence-electron chi connectivity index (χ4n) is 2.28. The maximum atomic E-state index is 5.80. The molecule has 2 rings (SSSR count). The minimum absolute atomic E-state index is 0.313. The van der Waals surface area contributed by atoms with Crippen LogP contribution in [0.4, 0.5) is 0 Å². The highest BCUT2D eigenvalue weighted by Gasteiger charge is 2.20. The lowest BCUT2D eigenvalue weighted by Crippen LogP contribution is -2.46. The minimum Gasteiger partial charge on any atom is -0.374 e. The summed E-state index contributed by atoms with van der Waals surface area (Å²) in [6, 6.07) is 0.366. The fourth-order valence-corrected chi connectivity index (χ4v) is 3.07. The Kier molecular flexibility index (Phi) is 5.56. The normalized spacial score (nSPS) is 23.1. The van der Waals surface area contributed by atoms with Gasteiger partial charge in [0.1, 0.15) is 5.01 Å². The van der Waals surface area contributed by atoms with Gasteiger partial charge >= 0.3 is 0 Å². The maximum Gasteiger partial charge on any atom is 0.109 e. The molecule has 2 heterocycles. The van der Waals surface area contributed by atoms with Gasteiger partial charge in [0.15, 0.2) is 0 Å². The van der Waals surface area contributed by atoms with E-state index in [1.807, 2.05) is 11.6 Å². The van der Waals surface area contributed by atoms with Gasteiger partial charge in [-0.05, 0) is 13.0 Å². The van der Waals surface area contributed by atoms with Crippen LogP contribution in [0.1, 0.15) is 31.3 Å². The van der Waals surface area contributed by atoms with Crippen LogP contribution in [0.5, 0.6) is 0 Å². The summed E-state index contributed by atoms with van der Waals surface area (Å²) in [6.07, 6.45) is 3.26. The summed E-state index contributed by atoms with van der Waals surface area (Å²) in [5.41, 5.74) is 0. The van der Waals surface area contributed by atoms with Gasteiger partial charge in [0, 0.05) is 31.2 Å². The van der Waals surface area contributed by atoms with Crippen LogP contribution in [0.3, 0.4) is 0 Å². The molecule has 4 nitrogen and oxygen atoms in total. The topological polar surface area (TPSA) is 37.4 Å². The molecule has 18 heavy (non-hydrogen) atoms. The summed E-state index contributed by atoms with van der Waals surface area (Å²) in [6.45, 7) is 9.39. The summed E-state index contributed by atoms with van der Waals surface area (Å²) in [7, 11) is 0. The number of hydrogen-bond donors (Lipinski definition) is 1. The second-order valence-corrected chi connectivity index (χ2v) is 5.55. The zero-order valence-corrected chi connectivity index (χ0v) is 12.1. The van der Waals surface area contributed by atoms with Crippen LogP contribution >= 0.6 is 11.3 Å². The van der Waals surface area contributed by atoms with Gasteiger partial charge in [-0.3, -0.25) is 4.90 Å². The van der Waals surface area contributed by atoms with Crippen molar-refractivity contribution in [3.8, 4) is 0 Å². The molecule has 0 saturated carbocycles. The summed E-state index contributed by atoms with van der Waals surface area (Å²) in [4.78, 5) is 6.83. The number of nitrogens with one attached hydrogen (secondary N) is 1. The minimum atomic E-state index is 0.313. The van der Waals surface area contributed by atoms with E-state index in [1.165, 1.54) is 5.01 Å². The first-order chi connectivity index (χ1) is 8.83. The van der Waals surface area contributed by atoms with Crippen molar-refractivity contribution in [3.05, 3.63) is 16.6 Å². The molecule has 2 unspecified atom stereocenters. The third-order valence-electron chi connectivity index (χ3n) is 3.42. The number of likely N-dealkylation sites (N-methyl/N-ethyl adjacent to an activating group) is 1. The lowest BCUT2D eigenvalue weighted by Gasteiger charge is -2.32. The summed E-state index contributed by atoms with van der Waals surface area (Å²) in [5, 5.41) is 6.80.